The maximum absolute atomic E-state index is 12.3. The summed E-state index contributed by atoms with van der Waals surface area (Å²) in [4.78, 5) is 16.3. The Morgan fingerprint density at radius 3 is 2.80 bits per heavy atom. The van der Waals surface area contributed by atoms with Gasteiger partial charge < -0.3 is 10.6 Å². The number of hydrogen-bond donors (Lipinski definition) is 2. The molecule has 2 N–H and O–H groups in total. The van der Waals surface area contributed by atoms with E-state index in [-0.39, 0.29) is 18.0 Å². The number of carbonyl (C=O) groups is 1. The van der Waals surface area contributed by atoms with E-state index in [1.807, 2.05) is 37.3 Å². The van der Waals surface area contributed by atoms with Crippen LogP contribution in [0.1, 0.15) is 24.1 Å². The molecule has 1 unspecified atom stereocenters. The number of nitrogens with one attached hydrogen (secondary N) is 2. The average molecular weight is 267 g/mol. The van der Waals surface area contributed by atoms with Gasteiger partial charge in [-0.2, -0.15) is 0 Å². The standard InChI is InChI=1S/C16H17N3O/c1-11(12-6-8-17-9-7-12)18-16(20)15-10-13-4-2-3-5-14(13)19-15/h2-9,11,15,19H,10H2,1H3,(H,18,20)/t11?,15-/m0/s1. The highest BCUT2D eigenvalue weighted by atomic mass is 16.2. The third-order valence-corrected chi connectivity index (χ3v) is 3.65. The van der Waals surface area contributed by atoms with Crippen molar-refractivity contribution in [2.24, 2.45) is 0 Å². The van der Waals surface area contributed by atoms with E-state index in [0.717, 1.165) is 17.7 Å². The number of aromatic nitrogens is 1. The molecular formula is C16H17N3O. The lowest BCUT2D eigenvalue weighted by molar-refractivity contribution is -0.122. The van der Waals surface area contributed by atoms with Crippen LogP contribution in [0.2, 0.25) is 0 Å². The second-order valence-corrected chi connectivity index (χ2v) is 5.07. The Hall–Kier alpha value is -2.36. The zero-order chi connectivity index (χ0) is 13.9. The van der Waals surface area contributed by atoms with E-state index in [2.05, 4.69) is 21.7 Å². The first-order chi connectivity index (χ1) is 9.74. The van der Waals surface area contributed by atoms with Crippen molar-refractivity contribution < 1.29 is 4.79 Å². The minimum atomic E-state index is -0.184. The monoisotopic (exact) mass is 267 g/mol. The molecule has 3 rings (SSSR count). The van der Waals surface area contributed by atoms with Crippen LogP contribution in [0.3, 0.4) is 0 Å². The zero-order valence-electron chi connectivity index (χ0n) is 11.3. The minimum Gasteiger partial charge on any atom is -0.373 e. The fourth-order valence-electron chi connectivity index (χ4n) is 2.51. The molecule has 0 spiro atoms. The lowest BCUT2D eigenvalue weighted by Gasteiger charge is -2.17. The summed E-state index contributed by atoms with van der Waals surface area (Å²) in [7, 11) is 0. The highest BCUT2D eigenvalue weighted by Crippen LogP contribution is 2.25. The molecular weight excluding hydrogens is 250 g/mol. The van der Waals surface area contributed by atoms with Crippen molar-refractivity contribution in [2.45, 2.75) is 25.4 Å². The van der Waals surface area contributed by atoms with Gasteiger partial charge in [-0.15, -0.1) is 0 Å². The van der Waals surface area contributed by atoms with Crippen LogP contribution in [-0.2, 0) is 11.2 Å². The fraction of sp³-hybridized carbons (Fsp3) is 0.250. The number of hydrogen-bond acceptors (Lipinski definition) is 3. The van der Waals surface area contributed by atoms with Gasteiger partial charge in [0.05, 0.1) is 6.04 Å². The molecule has 0 aliphatic carbocycles. The summed E-state index contributed by atoms with van der Waals surface area (Å²) in [5.41, 5.74) is 3.32. The van der Waals surface area contributed by atoms with Gasteiger partial charge >= 0.3 is 0 Å². The number of fused-ring (bicyclic) bond motifs is 1. The molecule has 1 aromatic heterocycles. The Bertz CT molecular complexity index is 587. The largest absolute Gasteiger partial charge is 0.373 e. The Kier molecular flexibility index (Phi) is 3.37. The van der Waals surface area contributed by atoms with Gasteiger partial charge in [-0.25, -0.2) is 0 Å². The van der Waals surface area contributed by atoms with Crippen molar-refractivity contribution in [1.29, 1.82) is 0 Å². The van der Waals surface area contributed by atoms with Crippen molar-refractivity contribution in [3.63, 3.8) is 0 Å². The molecule has 0 radical (unpaired) electrons. The van der Waals surface area contributed by atoms with Gasteiger partial charge in [-0.1, -0.05) is 18.2 Å². The first kappa shape index (κ1) is 12.7. The quantitative estimate of drug-likeness (QED) is 0.897. The van der Waals surface area contributed by atoms with Crippen LogP contribution in [0.4, 0.5) is 5.69 Å². The van der Waals surface area contributed by atoms with Gasteiger partial charge in [0.25, 0.3) is 0 Å². The lowest BCUT2D eigenvalue weighted by Crippen LogP contribution is -2.39. The summed E-state index contributed by atoms with van der Waals surface area (Å²) < 4.78 is 0. The van der Waals surface area contributed by atoms with Crippen molar-refractivity contribution in [3.8, 4) is 0 Å². The number of amides is 1. The van der Waals surface area contributed by atoms with E-state index in [9.17, 15) is 4.79 Å². The summed E-state index contributed by atoms with van der Waals surface area (Å²) in [5, 5.41) is 6.31. The number of benzene rings is 1. The highest BCUT2D eigenvalue weighted by molar-refractivity contribution is 5.87. The molecule has 0 saturated heterocycles. The average Bonchev–Trinajstić information content (AvgIpc) is 2.92. The van der Waals surface area contributed by atoms with E-state index in [4.69, 9.17) is 0 Å². The predicted molar refractivity (Wildman–Crippen MR) is 78.4 cm³/mol. The van der Waals surface area contributed by atoms with Crippen molar-refractivity contribution in [2.75, 3.05) is 5.32 Å². The van der Waals surface area contributed by atoms with Crippen LogP contribution in [0.25, 0.3) is 0 Å². The molecule has 1 aliphatic rings. The SMILES string of the molecule is CC(NC(=O)[C@@H]1Cc2ccccc2N1)c1ccncc1. The molecule has 1 aromatic carbocycles. The molecule has 2 heterocycles. The van der Waals surface area contributed by atoms with Crippen LogP contribution in [0, 0.1) is 0 Å². The van der Waals surface area contributed by atoms with Crippen LogP contribution in [0.5, 0.6) is 0 Å². The summed E-state index contributed by atoms with van der Waals surface area (Å²) in [6.07, 6.45) is 4.22. The number of anilines is 1. The van der Waals surface area contributed by atoms with E-state index >= 15 is 0 Å². The van der Waals surface area contributed by atoms with E-state index in [1.54, 1.807) is 12.4 Å². The number of pyridine rings is 1. The number of rotatable bonds is 3. The molecule has 4 nitrogen and oxygen atoms in total. The lowest BCUT2D eigenvalue weighted by atomic mass is 10.1. The van der Waals surface area contributed by atoms with Gasteiger partial charge in [-0.05, 0) is 36.2 Å². The second-order valence-electron chi connectivity index (χ2n) is 5.07. The van der Waals surface area contributed by atoms with E-state index < -0.39 is 0 Å². The molecule has 2 aromatic rings. The number of para-hydroxylation sites is 1. The zero-order valence-corrected chi connectivity index (χ0v) is 11.3. The third-order valence-electron chi connectivity index (χ3n) is 3.65. The smallest absolute Gasteiger partial charge is 0.243 e. The molecule has 1 amide bonds. The molecule has 0 bridgehead atoms. The minimum absolute atomic E-state index is 0.0176. The van der Waals surface area contributed by atoms with Gasteiger partial charge in [0.15, 0.2) is 0 Å². The van der Waals surface area contributed by atoms with Crippen molar-refractivity contribution in [3.05, 3.63) is 59.9 Å². The molecule has 102 valence electrons. The third kappa shape index (κ3) is 2.50. The predicted octanol–water partition coefficient (Wildman–Crippen LogP) is 2.30. The molecule has 20 heavy (non-hydrogen) atoms. The topological polar surface area (TPSA) is 54.0 Å². The number of carbonyl (C=O) groups excluding carboxylic acids is 1. The molecule has 1 aliphatic heterocycles. The first-order valence-corrected chi connectivity index (χ1v) is 6.79. The maximum Gasteiger partial charge on any atom is 0.243 e. The van der Waals surface area contributed by atoms with E-state index in [1.165, 1.54) is 5.56 Å². The Balaban J connectivity index is 1.64. The fourth-order valence-corrected chi connectivity index (χ4v) is 2.51. The maximum atomic E-state index is 12.3. The Morgan fingerprint density at radius 1 is 1.30 bits per heavy atom. The normalized spacial score (nSPS) is 17.9. The molecule has 0 saturated carbocycles. The van der Waals surface area contributed by atoms with Gasteiger partial charge in [0.1, 0.15) is 6.04 Å². The Morgan fingerprint density at radius 2 is 2.05 bits per heavy atom. The summed E-state index contributed by atoms with van der Waals surface area (Å²) in [6.45, 7) is 1.98. The molecule has 0 fully saturated rings. The molecule has 2 atom stereocenters. The summed E-state index contributed by atoms with van der Waals surface area (Å²) in [6, 6.07) is 11.7. The van der Waals surface area contributed by atoms with Crippen LogP contribution < -0.4 is 10.6 Å². The molecule has 4 heteroatoms. The number of nitrogens with zero attached hydrogens (tertiary/aromatic N) is 1. The van der Waals surface area contributed by atoms with Gasteiger partial charge in [-0.3, -0.25) is 9.78 Å². The van der Waals surface area contributed by atoms with Crippen molar-refractivity contribution in [1.82, 2.24) is 10.3 Å². The second kappa shape index (κ2) is 5.33. The summed E-state index contributed by atoms with van der Waals surface area (Å²) in [5.74, 6) is 0.0329. The first-order valence-electron chi connectivity index (χ1n) is 6.79. The highest BCUT2D eigenvalue weighted by Gasteiger charge is 2.27. The van der Waals surface area contributed by atoms with Gasteiger partial charge in [0.2, 0.25) is 5.91 Å². The van der Waals surface area contributed by atoms with Crippen LogP contribution in [0.15, 0.2) is 48.8 Å². The van der Waals surface area contributed by atoms with Crippen molar-refractivity contribution >= 4 is 11.6 Å². The van der Waals surface area contributed by atoms with E-state index in [0.29, 0.717) is 0 Å². The summed E-state index contributed by atoms with van der Waals surface area (Å²) >= 11 is 0. The van der Waals surface area contributed by atoms with Gasteiger partial charge in [0, 0.05) is 24.5 Å². The van der Waals surface area contributed by atoms with Crippen LogP contribution >= 0.6 is 0 Å². The Labute approximate surface area is 118 Å². The van der Waals surface area contributed by atoms with Crippen LogP contribution in [-0.4, -0.2) is 16.9 Å².